The van der Waals surface area contributed by atoms with Crippen LogP contribution in [0, 0.1) is 27.7 Å². The quantitative estimate of drug-likeness (QED) is 0.834. The van der Waals surface area contributed by atoms with E-state index < -0.39 is 9.84 Å². The number of amides is 1. The Hall–Kier alpha value is -2.48. The van der Waals surface area contributed by atoms with Crippen molar-refractivity contribution in [2.24, 2.45) is 0 Å². The number of carbonyl (C=O) groups is 1. The second kappa shape index (κ2) is 7.26. The average molecular weight is 388 g/mol. The van der Waals surface area contributed by atoms with Crippen molar-refractivity contribution < 1.29 is 13.2 Å². The van der Waals surface area contributed by atoms with Crippen molar-refractivity contribution in [3.8, 4) is 0 Å². The zero-order valence-electron chi connectivity index (χ0n) is 16.0. The van der Waals surface area contributed by atoms with Crippen molar-refractivity contribution >= 4 is 27.4 Å². The van der Waals surface area contributed by atoms with Gasteiger partial charge in [0.2, 0.25) is 5.95 Å². The molecule has 1 unspecified atom stereocenters. The largest absolute Gasteiger partial charge is 0.347 e. The fourth-order valence-corrected chi connectivity index (χ4v) is 5.07. The monoisotopic (exact) mass is 388 g/mol. The van der Waals surface area contributed by atoms with Gasteiger partial charge in [0, 0.05) is 17.4 Å². The van der Waals surface area contributed by atoms with Crippen molar-refractivity contribution in [2.75, 3.05) is 16.8 Å². The van der Waals surface area contributed by atoms with E-state index >= 15 is 0 Å². The van der Waals surface area contributed by atoms with Gasteiger partial charge in [-0.15, -0.1) is 0 Å². The maximum Gasteiger partial charge on any atom is 0.270 e. The third-order valence-corrected chi connectivity index (χ3v) is 6.34. The summed E-state index contributed by atoms with van der Waals surface area (Å²) in [5.41, 5.74) is 5.10. The number of rotatable bonds is 4. The molecule has 144 valence electrons. The molecule has 1 aromatic heterocycles. The van der Waals surface area contributed by atoms with Gasteiger partial charge in [-0.05, 0) is 51.3 Å². The van der Waals surface area contributed by atoms with Crippen LogP contribution in [0.5, 0.6) is 0 Å². The Morgan fingerprint density at radius 1 is 1.07 bits per heavy atom. The van der Waals surface area contributed by atoms with Crippen LogP contribution >= 0.6 is 0 Å². The number of hydrogen-bond acceptors (Lipinski definition) is 6. The van der Waals surface area contributed by atoms with Gasteiger partial charge in [0.25, 0.3) is 5.91 Å². The minimum absolute atomic E-state index is 0.0182. The summed E-state index contributed by atoms with van der Waals surface area (Å²) in [5.74, 6) is 0.0482. The summed E-state index contributed by atoms with van der Waals surface area (Å²) < 4.78 is 23.1. The molecule has 0 saturated carbocycles. The van der Waals surface area contributed by atoms with Gasteiger partial charge in [-0.1, -0.05) is 17.7 Å². The van der Waals surface area contributed by atoms with Crippen molar-refractivity contribution in [1.82, 2.24) is 15.3 Å². The van der Waals surface area contributed by atoms with Crippen molar-refractivity contribution in [3.05, 3.63) is 46.3 Å². The minimum Gasteiger partial charge on any atom is -0.347 e. The molecule has 2 heterocycles. The maximum absolute atomic E-state index is 12.5. The Balaban J connectivity index is 1.81. The van der Waals surface area contributed by atoms with E-state index in [1.807, 2.05) is 20.8 Å². The molecular formula is C19H24N4O3S. The number of benzene rings is 1. The Kier molecular flexibility index (Phi) is 5.19. The third kappa shape index (κ3) is 4.63. The first-order chi connectivity index (χ1) is 12.6. The maximum atomic E-state index is 12.5. The summed E-state index contributed by atoms with van der Waals surface area (Å²) in [6, 6.07) is 5.37. The van der Waals surface area contributed by atoms with Gasteiger partial charge < -0.3 is 10.6 Å². The molecule has 2 aromatic rings. The Bertz CT molecular complexity index is 979. The lowest BCUT2D eigenvalue weighted by Crippen LogP contribution is -2.36. The molecule has 27 heavy (non-hydrogen) atoms. The second-order valence-corrected chi connectivity index (χ2v) is 9.42. The van der Waals surface area contributed by atoms with Crippen molar-refractivity contribution in [2.45, 2.75) is 40.2 Å². The number of anilines is 2. The van der Waals surface area contributed by atoms with Gasteiger partial charge in [-0.3, -0.25) is 4.79 Å². The first-order valence-corrected chi connectivity index (χ1v) is 10.7. The fourth-order valence-electron chi connectivity index (χ4n) is 3.40. The molecule has 1 aliphatic heterocycles. The normalized spacial score (nSPS) is 18.3. The van der Waals surface area contributed by atoms with Crippen LogP contribution in [-0.4, -0.2) is 41.8 Å². The van der Waals surface area contributed by atoms with Crippen molar-refractivity contribution in [3.63, 3.8) is 0 Å². The summed E-state index contributed by atoms with van der Waals surface area (Å²) in [7, 11) is -3.05. The van der Waals surface area contributed by atoms with Crippen LogP contribution in [0.4, 0.5) is 11.6 Å². The van der Waals surface area contributed by atoms with E-state index in [-0.39, 0.29) is 29.1 Å². The van der Waals surface area contributed by atoms with Gasteiger partial charge in [-0.2, -0.15) is 0 Å². The van der Waals surface area contributed by atoms with Crippen LogP contribution in [0.15, 0.2) is 18.2 Å². The first kappa shape index (κ1) is 19.3. The standard InChI is InChI=1S/C19H24N4O3S/c1-11-7-12(2)17(13(3)8-11)23-19-20-14(4)9-16(22-19)18(24)21-15-5-6-27(25,26)10-15/h7-9,15H,5-6,10H2,1-4H3,(H,21,24)(H,20,22,23). The number of sulfone groups is 1. The number of aryl methyl sites for hydroxylation is 4. The molecule has 1 atom stereocenters. The molecule has 1 aliphatic rings. The minimum atomic E-state index is -3.05. The lowest BCUT2D eigenvalue weighted by atomic mass is 10.1. The summed E-state index contributed by atoms with van der Waals surface area (Å²) >= 11 is 0. The predicted molar refractivity (Wildman–Crippen MR) is 105 cm³/mol. The predicted octanol–water partition coefficient (Wildman–Crippen LogP) is 2.37. The van der Waals surface area contributed by atoms with E-state index in [9.17, 15) is 13.2 Å². The summed E-state index contributed by atoms with van der Waals surface area (Å²) in [6.07, 6.45) is 0.436. The average Bonchev–Trinajstić information content (AvgIpc) is 2.89. The number of aromatic nitrogens is 2. The Labute approximate surface area is 159 Å². The van der Waals surface area contributed by atoms with Crippen LogP contribution in [0.1, 0.15) is 39.3 Å². The van der Waals surface area contributed by atoms with Crippen LogP contribution in [0.2, 0.25) is 0 Å². The summed E-state index contributed by atoms with van der Waals surface area (Å²) in [5, 5.41) is 5.98. The van der Waals surface area contributed by atoms with E-state index in [1.165, 1.54) is 5.56 Å². The van der Waals surface area contributed by atoms with Crippen LogP contribution < -0.4 is 10.6 Å². The fraction of sp³-hybridized carbons (Fsp3) is 0.421. The summed E-state index contributed by atoms with van der Waals surface area (Å²) in [4.78, 5) is 21.2. The van der Waals surface area contributed by atoms with Gasteiger partial charge >= 0.3 is 0 Å². The lowest BCUT2D eigenvalue weighted by Gasteiger charge is -2.14. The highest BCUT2D eigenvalue weighted by molar-refractivity contribution is 7.91. The number of nitrogens with one attached hydrogen (secondary N) is 2. The van der Waals surface area contributed by atoms with Crippen LogP contribution in [-0.2, 0) is 9.84 Å². The van der Waals surface area contributed by atoms with Crippen molar-refractivity contribution in [1.29, 1.82) is 0 Å². The van der Waals surface area contributed by atoms with E-state index in [1.54, 1.807) is 13.0 Å². The van der Waals surface area contributed by atoms with Gasteiger partial charge in [-0.25, -0.2) is 18.4 Å². The molecule has 1 aromatic carbocycles. The molecule has 0 bridgehead atoms. The second-order valence-electron chi connectivity index (χ2n) is 7.19. The van der Waals surface area contributed by atoms with E-state index in [0.717, 1.165) is 16.8 Å². The lowest BCUT2D eigenvalue weighted by molar-refractivity contribution is 0.0936. The van der Waals surface area contributed by atoms with Crippen LogP contribution in [0.3, 0.4) is 0 Å². The highest BCUT2D eigenvalue weighted by atomic mass is 32.2. The number of nitrogens with zero attached hydrogens (tertiary/aromatic N) is 2. The summed E-state index contributed by atoms with van der Waals surface area (Å²) in [6.45, 7) is 7.84. The number of carbonyl (C=O) groups excluding carboxylic acids is 1. The SMILES string of the molecule is Cc1cc(C)c(Nc2nc(C)cc(C(=O)NC3CCS(=O)(=O)C3)n2)c(C)c1. The molecule has 1 saturated heterocycles. The Morgan fingerprint density at radius 3 is 2.33 bits per heavy atom. The van der Waals surface area contributed by atoms with E-state index in [4.69, 9.17) is 0 Å². The molecule has 7 nitrogen and oxygen atoms in total. The molecule has 8 heteroatoms. The van der Waals surface area contributed by atoms with E-state index in [2.05, 4.69) is 32.7 Å². The molecular weight excluding hydrogens is 364 g/mol. The molecule has 0 aliphatic carbocycles. The molecule has 0 radical (unpaired) electrons. The topological polar surface area (TPSA) is 101 Å². The zero-order valence-corrected chi connectivity index (χ0v) is 16.8. The first-order valence-electron chi connectivity index (χ1n) is 8.85. The van der Waals surface area contributed by atoms with Crippen LogP contribution in [0.25, 0.3) is 0 Å². The number of hydrogen-bond donors (Lipinski definition) is 2. The molecule has 3 rings (SSSR count). The van der Waals surface area contributed by atoms with Gasteiger partial charge in [0.15, 0.2) is 9.84 Å². The highest BCUT2D eigenvalue weighted by Gasteiger charge is 2.29. The molecule has 1 amide bonds. The highest BCUT2D eigenvalue weighted by Crippen LogP contribution is 2.24. The van der Waals surface area contributed by atoms with E-state index in [0.29, 0.717) is 18.1 Å². The Morgan fingerprint density at radius 2 is 1.74 bits per heavy atom. The van der Waals surface area contributed by atoms with Gasteiger partial charge in [0.05, 0.1) is 11.5 Å². The zero-order chi connectivity index (χ0) is 19.8. The van der Waals surface area contributed by atoms with Gasteiger partial charge in [0.1, 0.15) is 5.69 Å². The molecule has 2 N–H and O–H groups in total. The third-order valence-electron chi connectivity index (χ3n) is 4.57. The smallest absolute Gasteiger partial charge is 0.270 e. The molecule has 1 fully saturated rings. The molecule has 0 spiro atoms.